The fourth-order valence-corrected chi connectivity index (χ4v) is 3.26. The van der Waals surface area contributed by atoms with E-state index in [1.165, 1.54) is 0 Å². The summed E-state index contributed by atoms with van der Waals surface area (Å²) < 4.78 is 11.6. The number of benzene rings is 1. The Morgan fingerprint density at radius 1 is 1.04 bits per heavy atom. The Morgan fingerprint density at radius 2 is 1.92 bits per heavy atom. The summed E-state index contributed by atoms with van der Waals surface area (Å²) in [6.45, 7) is 3.25. The van der Waals surface area contributed by atoms with E-state index in [1.54, 1.807) is 11.3 Å². The van der Waals surface area contributed by atoms with E-state index in [0.717, 1.165) is 27.4 Å². The van der Waals surface area contributed by atoms with Gasteiger partial charge >= 0.3 is 0 Å². The third-order valence-electron chi connectivity index (χ3n) is 3.79. The van der Waals surface area contributed by atoms with Crippen LogP contribution >= 0.6 is 11.3 Å². The highest BCUT2D eigenvalue weighted by atomic mass is 32.1. The van der Waals surface area contributed by atoms with Crippen molar-refractivity contribution in [1.82, 2.24) is 14.9 Å². The maximum Gasteiger partial charge on any atom is 0.236 e. The van der Waals surface area contributed by atoms with E-state index in [1.807, 2.05) is 55.7 Å². The van der Waals surface area contributed by atoms with Crippen molar-refractivity contribution in [2.45, 2.75) is 20.0 Å². The Labute approximate surface area is 143 Å². The van der Waals surface area contributed by atoms with E-state index >= 15 is 0 Å². The first-order valence-electron chi connectivity index (χ1n) is 7.72. The lowest BCUT2D eigenvalue weighted by molar-refractivity contribution is 0.281. The van der Waals surface area contributed by atoms with E-state index in [2.05, 4.69) is 14.9 Å². The van der Waals surface area contributed by atoms with Crippen LogP contribution in [0.15, 0.2) is 50.6 Å². The summed E-state index contributed by atoms with van der Waals surface area (Å²) in [5.74, 6) is 2.24. The molecule has 0 bridgehead atoms. The molecule has 3 heterocycles. The quantitative estimate of drug-likeness (QED) is 0.536. The zero-order chi connectivity index (χ0) is 16.5. The summed E-state index contributed by atoms with van der Waals surface area (Å²) in [5, 5.41) is 2.02. The van der Waals surface area contributed by atoms with Gasteiger partial charge in [-0.25, -0.2) is 9.97 Å². The minimum absolute atomic E-state index is 0.620. The molecule has 0 spiro atoms. The third-order valence-corrected chi connectivity index (χ3v) is 4.65. The molecule has 6 heteroatoms. The number of aromatic nitrogens is 2. The number of thiophene rings is 1. The predicted molar refractivity (Wildman–Crippen MR) is 93.7 cm³/mol. The lowest BCUT2D eigenvalue weighted by Gasteiger charge is -2.12. The van der Waals surface area contributed by atoms with Gasteiger partial charge in [0.05, 0.1) is 17.1 Å². The normalized spacial score (nSPS) is 11.6. The lowest BCUT2D eigenvalue weighted by Crippen LogP contribution is -2.18. The van der Waals surface area contributed by atoms with Crippen LogP contribution in [0.1, 0.15) is 17.3 Å². The van der Waals surface area contributed by atoms with Crippen molar-refractivity contribution in [2.75, 3.05) is 7.05 Å². The summed E-state index contributed by atoms with van der Waals surface area (Å²) in [6, 6.07) is 11.8. The monoisotopic (exact) mass is 339 g/mol. The van der Waals surface area contributed by atoms with Crippen LogP contribution in [0.4, 0.5) is 0 Å². The molecule has 5 nitrogen and oxygen atoms in total. The molecule has 0 aliphatic rings. The fraction of sp³-hybridized carbons (Fsp3) is 0.222. The second-order valence-corrected chi connectivity index (χ2v) is 6.69. The predicted octanol–water partition coefficient (Wildman–Crippen LogP) is 4.48. The Bertz CT molecular complexity index is 923. The molecule has 24 heavy (non-hydrogen) atoms. The van der Waals surface area contributed by atoms with Gasteiger partial charge < -0.3 is 8.83 Å². The smallest absolute Gasteiger partial charge is 0.236 e. The zero-order valence-corrected chi connectivity index (χ0v) is 14.3. The molecule has 0 saturated heterocycles. The minimum atomic E-state index is 0.620. The van der Waals surface area contributed by atoms with Crippen molar-refractivity contribution in [3.63, 3.8) is 0 Å². The standard InChI is InChI=1S/C18H17N3O2S/c1-12-14(20-18(22-12)16-8-5-9-24-16)10-21(2)11-17-19-13-6-3-4-7-15(13)23-17/h3-9H,10-11H2,1-2H3. The van der Waals surface area contributed by atoms with Crippen LogP contribution in [-0.4, -0.2) is 21.9 Å². The highest BCUT2D eigenvalue weighted by Gasteiger charge is 2.15. The topological polar surface area (TPSA) is 55.3 Å². The Kier molecular flexibility index (Phi) is 3.92. The maximum absolute atomic E-state index is 5.79. The molecule has 0 N–H and O–H groups in total. The maximum atomic E-state index is 5.79. The van der Waals surface area contributed by atoms with Gasteiger partial charge in [-0.05, 0) is 37.6 Å². The van der Waals surface area contributed by atoms with Crippen molar-refractivity contribution in [2.24, 2.45) is 0 Å². The number of oxazole rings is 2. The molecule has 0 atom stereocenters. The number of para-hydroxylation sites is 2. The Morgan fingerprint density at radius 3 is 2.71 bits per heavy atom. The molecule has 122 valence electrons. The third kappa shape index (κ3) is 2.98. The fourth-order valence-electron chi connectivity index (χ4n) is 2.61. The van der Waals surface area contributed by atoms with Gasteiger partial charge in [-0.3, -0.25) is 4.90 Å². The van der Waals surface area contributed by atoms with Crippen LogP contribution in [0.5, 0.6) is 0 Å². The summed E-state index contributed by atoms with van der Waals surface area (Å²) in [5.41, 5.74) is 2.65. The van der Waals surface area contributed by atoms with Crippen LogP contribution in [-0.2, 0) is 13.1 Å². The molecule has 0 saturated carbocycles. The number of aryl methyl sites for hydroxylation is 1. The van der Waals surface area contributed by atoms with Crippen molar-refractivity contribution < 1.29 is 8.83 Å². The van der Waals surface area contributed by atoms with Gasteiger partial charge in [0.15, 0.2) is 5.58 Å². The molecule has 0 fully saturated rings. The largest absolute Gasteiger partial charge is 0.440 e. The highest BCUT2D eigenvalue weighted by molar-refractivity contribution is 7.13. The molecular weight excluding hydrogens is 322 g/mol. The van der Waals surface area contributed by atoms with E-state index < -0.39 is 0 Å². The van der Waals surface area contributed by atoms with Crippen LogP contribution in [0.25, 0.3) is 21.9 Å². The van der Waals surface area contributed by atoms with Gasteiger partial charge in [0.2, 0.25) is 11.8 Å². The average molecular weight is 339 g/mol. The number of rotatable bonds is 5. The summed E-state index contributed by atoms with van der Waals surface area (Å²) in [6.07, 6.45) is 0. The number of hydrogen-bond acceptors (Lipinski definition) is 6. The average Bonchev–Trinajstić information content (AvgIpc) is 3.27. The van der Waals surface area contributed by atoms with Crippen molar-refractivity contribution in [3.8, 4) is 10.8 Å². The molecule has 0 aliphatic carbocycles. The van der Waals surface area contributed by atoms with Gasteiger partial charge in [-0.15, -0.1) is 11.3 Å². The summed E-state index contributed by atoms with van der Waals surface area (Å²) in [7, 11) is 2.02. The molecule has 1 aromatic carbocycles. The van der Waals surface area contributed by atoms with Crippen molar-refractivity contribution in [1.29, 1.82) is 0 Å². The summed E-state index contributed by atoms with van der Waals surface area (Å²) in [4.78, 5) is 12.3. The highest BCUT2D eigenvalue weighted by Crippen LogP contribution is 2.26. The molecule has 4 aromatic rings. The Balaban J connectivity index is 1.48. The van der Waals surface area contributed by atoms with Gasteiger partial charge in [0.1, 0.15) is 11.3 Å². The van der Waals surface area contributed by atoms with Gasteiger partial charge in [-0.2, -0.15) is 0 Å². The SMILES string of the molecule is Cc1oc(-c2cccs2)nc1CN(C)Cc1nc2ccccc2o1. The number of fused-ring (bicyclic) bond motifs is 1. The van der Waals surface area contributed by atoms with Crippen molar-refractivity contribution in [3.05, 3.63) is 59.1 Å². The lowest BCUT2D eigenvalue weighted by atomic mass is 10.3. The molecule has 0 aliphatic heterocycles. The number of hydrogen-bond donors (Lipinski definition) is 0. The van der Waals surface area contributed by atoms with E-state index in [-0.39, 0.29) is 0 Å². The van der Waals surface area contributed by atoms with Crippen LogP contribution < -0.4 is 0 Å². The zero-order valence-electron chi connectivity index (χ0n) is 13.5. The Hall–Kier alpha value is -2.44. The minimum Gasteiger partial charge on any atom is -0.440 e. The van der Waals surface area contributed by atoms with Crippen molar-refractivity contribution >= 4 is 22.4 Å². The second kappa shape index (κ2) is 6.22. The summed E-state index contributed by atoms with van der Waals surface area (Å²) >= 11 is 1.63. The molecular formula is C18H17N3O2S. The molecule has 0 amide bonds. The molecule has 0 unspecified atom stereocenters. The second-order valence-electron chi connectivity index (χ2n) is 5.75. The van der Waals surface area contributed by atoms with E-state index in [4.69, 9.17) is 8.83 Å². The first-order chi connectivity index (χ1) is 11.7. The number of nitrogens with zero attached hydrogens (tertiary/aromatic N) is 3. The van der Waals surface area contributed by atoms with Crippen LogP contribution in [0.2, 0.25) is 0 Å². The first-order valence-corrected chi connectivity index (χ1v) is 8.60. The van der Waals surface area contributed by atoms with Crippen LogP contribution in [0.3, 0.4) is 0 Å². The van der Waals surface area contributed by atoms with Gasteiger partial charge in [-0.1, -0.05) is 18.2 Å². The first kappa shape index (κ1) is 15.1. The molecule has 0 radical (unpaired) electrons. The molecule has 3 aromatic heterocycles. The van der Waals surface area contributed by atoms with E-state index in [0.29, 0.717) is 24.9 Å². The van der Waals surface area contributed by atoms with Gasteiger partial charge in [0, 0.05) is 6.54 Å². The van der Waals surface area contributed by atoms with Crippen LogP contribution in [0, 0.1) is 6.92 Å². The molecule has 4 rings (SSSR count). The van der Waals surface area contributed by atoms with E-state index in [9.17, 15) is 0 Å². The van der Waals surface area contributed by atoms with Gasteiger partial charge in [0.25, 0.3) is 0 Å².